The minimum atomic E-state index is 0.0143. The first kappa shape index (κ1) is 14.3. The molecule has 0 atom stereocenters. The number of benzene rings is 1. The average Bonchev–Trinajstić information content (AvgIpc) is 2.62. The van der Waals surface area contributed by atoms with Crippen molar-refractivity contribution in [3.8, 4) is 0 Å². The van der Waals surface area contributed by atoms with Gasteiger partial charge in [-0.05, 0) is 67.4 Å². The van der Waals surface area contributed by atoms with Gasteiger partial charge in [-0.3, -0.25) is 9.69 Å². The Hall–Kier alpha value is -1.07. The lowest BCUT2D eigenvalue weighted by atomic mass is 10.0. The van der Waals surface area contributed by atoms with E-state index in [2.05, 4.69) is 40.0 Å². The maximum atomic E-state index is 12.1. The quantitative estimate of drug-likeness (QED) is 0.840. The van der Waals surface area contributed by atoms with Crippen molar-refractivity contribution in [3.63, 3.8) is 0 Å². The van der Waals surface area contributed by atoms with Gasteiger partial charge in [0.25, 0.3) is 0 Å². The summed E-state index contributed by atoms with van der Waals surface area (Å²) in [5.74, 6) is 0.0143. The van der Waals surface area contributed by atoms with Gasteiger partial charge in [-0.25, -0.2) is 0 Å². The summed E-state index contributed by atoms with van der Waals surface area (Å²) in [5.41, 5.74) is 7.23. The van der Waals surface area contributed by atoms with E-state index in [0.717, 1.165) is 29.5 Å². The first-order valence-electron chi connectivity index (χ1n) is 6.48. The number of carbonyl (C=O) groups is 1. The molecule has 19 heavy (non-hydrogen) atoms. The number of nitrogens with one attached hydrogen (secondary N) is 1. The van der Waals surface area contributed by atoms with Gasteiger partial charge in [0.15, 0.2) is 0 Å². The third-order valence-corrected chi connectivity index (χ3v) is 4.33. The van der Waals surface area contributed by atoms with Crippen molar-refractivity contribution in [3.05, 3.63) is 22.7 Å². The molecule has 1 fully saturated rings. The van der Waals surface area contributed by atoms with Crippen LogP contribution in [0.15, 0.2) is 22.7 Å². The van der Waals surface area contributed by atoms with Crippen LogP contribution in [-0.2, 0) is 4.79 Å². The minimum Gasteiger partial charge on any atom is -0.399 e. The standard InChI is InChI=1S/C14H20BrN3O/c1-14(2)6-3-7-18(14)9-13(19)17-12-5-4-10(16)8-11(12)15/h4-5,8H,3,6-7,9,16H2,1-2H3,(H,17,19). The fourth-order valence-corrected chi connectivity index (χ4v) is 2.95. The number of nitrogen functional groups attached to an aromatic ring is 1. The number of anilines is 2. The summed E-state index contributed by atoms with van der Waals surface area (Å²) in [6.07, 6.45) is 2.30. The fourth-order valence-electron chi connectivity index (χ4n) is 2.45. The van der Waals surface area contributed by atoms with Gasteiger partial charge in [0.2, 0.25) is 5.91 Å². The van der Waals surface area contributed by atoms with E-state index in [1.807, 2.05) is 6.07 Å². The molecular weight excluding hydrogens is 306 g/mol. The highest BCUT2D eigenvalue weighted by Crippen LogP contribution is 2.28. The highest BCUT2D eigenvalue weighted by atomic mass is 79.9. The molecule has 4 nitrogen and oxygen atoms in total. The molecule has 104 valence electrons. The van der Waals surface area contributed by atoms with Crippen molar-refractivity contribution < 1.29 is 4.79 Å². The molecule has 0 unspecified atom stereocenters. The van der Waals surface area contributed by atoms with Gasteiger partial charge in [0.05, 0.1) is 12.2 Å². The Morgan fingerprint density at radius 2 is 2.26 bits per heavy atom. The molecule has 0 aliphatic carbocycles. The van der Waals surface area contributed by atoms with Crippen LogP contribution in [0.4, 0.5) is 11.4 Å². The second-order valence-electron chi connectivity index (χ2n) is 5.63. The van der Waals surface area contributed by atoms with Crippen LogP contribution in [0.5, 0.6) is 0 Å². The smallest absolute Gasteiger partial charge is 0.238 e. The Morgan fingerprint density at radius 3 is 2.84 bits per heavy atom. The zero-order valence-corrected chi connectivity index (χ0v) is 13.0. The Bertz CT molecular complexity index is 488. The molecule has 0 radical (unpaired) electrons. The van der Waals surface area contributed by atoms with E-state index >= 15 is 0 Å². The summed E-state index contributed by atoms with van der Waals surface area (Å²) in [4.78, 5) is 14.3. The SMILES string of the molecule is CC1(C)CCCN1CC(=O)Nc1ccc(N)cc1Br. The highest BCUT2D eigenvalue weighted by molar-refractivity contribution is 9.10. The van der Waals surface area contributed by atoms with Crippen LogP contribution in [0.1, 0.15) is 26.7 Å². The fraction of sp³-hybridized carbons (Fsp3) is 0.500. The summed E-state index contributed by atoms with van der Waals surface area (Å²) in [6.45, 7) is 5.80. The number of hydrogen-bond acceptors (Lipinski definition) is 3. The molecule has 1 heterocycles. The number of nitrogens with zero attached hydrogens (tertiary/aromatic N) is 1. The van der Waals surface area contributed by atoms with E-state index in [1.165, 1.54) is 0 Å². The minimum absolute atomic E-state index is 0.0143. The molecule has 1 aliphatic heterocycles. The topological polar surface area (TPSA) is 58.4 Å². The molecule has 0 saturated carbocycles. The predicted molar refractivity (Wildman–Crippen MR) is 82.1 cm³/mol. The number of nitrogens with two attached hydrogens (primary N) is 1. The summed E-state index contributed by atoms with van der Waals surface area (Å²) < 4.78 is 0.807. The van der Waals surface area contributed by atoms with Gasteiger partial charge >= 0.3 is 0 Å². The number of likely N-dealkylation sites (tertiary alicyclic amines) is 1. The predicted octanol–water partition coefficient (Wildman–Crippen LogP) is 2.84. The van der Waals surface area contributed by atoms with Gasteiger partial charge in [-0.1, -0.05) is 0 Å². The normalized spacial score (nSPS) is 18.5. The zero-order chi connectivity index (χ0) is 14.0. The zero-order valence-electron chi connectivity index (χ0n) is 11.4. The Kier molecular flexibility index (Phi) is 4.16. The average molecular weight is 326 g/mol. The second kappa shape index (κ2) is 5.51. The van der Waals surface area contributed by atoms with Gasteiger partial charge in [0.1, 0.15) is 0 Å². The molecule has 1 aromatic carbocycles. The summed E-state index contributed by atoms with van der Waals surface area (Å²) in [6, 6.07) is 5.38. The second-order valence-corrected chi connectivity index (χ2v) is 6.48. The van der Waals surface area contributed by atoms with Crippen LogP contribution in [-0.4, -0.2) is 29.4 Å². The van der Waals surface area contributed by atoms with Gasteiger partial charge in [-0.2, -0.15) is 0 Å². The van der Waals surface area contributed by atoms with Crippen molar-refractivity contribution in [2.75, 3.05) is 24.1 Å². The van der Waals surface area contributed by atoms with Crippen molar-refractivity contribution >= 4 is 33.2 Å². The van der Waals surface area contributed by atoms with Crippen LogP contribution in [0, 0.1) is 0 Å². The molecule has 1 amide bonds. The Morgan fingerprint density at radius 1 is 1.53 bits per heavy atom. The molecule has 1 aliphatic rings. The van der Waals surface area contributed by atoms with Gasteiger partial charge in [0, 0.05) is 15.7 Å². The molecule has 1 saturated heterocycles. The summed E-state index contributed by atoms with van der Waals surface area (Å²) >= 11 is 3.40. The van der Waals surface area contributed by atoms with E-state index in [1.54, 1.807) is 12.1 Å². The molecular formula is C14H20BrN3O. The maximum absolute atomic E-state index is 12.1. The lowest BCUT2D eigenvalue weighted by Crippen LogP contribution is -2.42. The molecule has 3 N–H and O–H groups in total. The number of amides is 1. The largest absolute Gasteiger partial charge is 0.399 e. The highest BCUT2D eigenvalue weighted by Gasteiger charge is 2.32. The molecule has 2 rings (SSSR count). The maximum Gasteiger partial charge on any atom is 0.238 e. The van der Waals surface area contributed by atoms with Crippen LogP contribution >= 0.6 is 15.9 Å². The van der Waals surface area contributed by atoms with Crippen molar-refractivity contribution in [1.29, 1.82) is 0 Å². The van der Waals surface area contributed by atoms with Crippen LogP contribution in [0.2, 0.25) is 0 Å². The summed E-state index contributed by atoms with van der Waals surface area (Å²) in [7, 11) is 0. The van der Waals surface area contributed by atoms with E-state index < -0.39 is 0 Å². The van der Waals surface area contributed by atoms with E-state index in [4.69, 9.17) is 5.73 Å². The third-order valence-electron chi connectivity index (χ3n) is 3.67. The van der Waals surface area contributed by atoms with E-state index in [-0.39, 0.29) is 11.4 Å². The van der Waals surface area contributed by atoms with Crippen LogP contribution in [0.3, 0.4) is 0 Å². The first-order chi connectivity index (χ1) is 8.88. The lowest BCUT2D eigenvalue weighted by Gasteiger charge is -2.30. The molecule has 0 aromatic heterocycles. The molecule has 1 aromatic rings. The molecule has 0 spiro atoms. The Labute approximate surface area is 122 Å². The lowest BCUT2D eigenvalue weighted by molar-refractivity contribution is -0.118. The van der Waals surface area contributed by atoms with Crippen molar-refractivity contribution in [2.24, 2.45) is 0 Å². The number of halogens is 1. The monoisotopic (exact) mass is 325 g/mol. The summed E-state index contributed by atoms with van der Waals surface area (Å²) in [5, 5.41) is 2.92. The van der Waals surface area contributed by atoms with Crippen molar-refractivity contribution in [2.45, 2.75) is 32.2 Å². The number of rotatable bonds is 3. The first-order valence-corrected chi connectivity index (χ1v) is 7.28. The van der Waals surface area contributed by atoms with E-state index in [0.29, 0.717) is 12.2 Å². The van der Waals surface area contributed by atoms with Gasteiger partial charge in [-0.15, -0.1) is 0 Å². The van der Waals surface area contributed by atoms with Crippen LogP contribution in [0.25, 0.3) is 0 Å². The van der Waals surface area contributed by atoms with Gasteiger partial charge < -0.3 is 11.1 Å². The molecule has 0 bridgehead atoms. The van der Waals surface area contributed by atoms with E-state index in [9.17, 15) is 4.79 Å². The Balaban J connectivity index is 1.98. The number of carbonyl (C=O) groups excluding carboxylic acids is 1. The third kappa shape index (κ3) is 3.48. The molecule has 5 heteroatoms. The van der Waals surface area contributed by atoms with Crippen LogP contribution < -0.4 is 11.1 Å². The number of hydrogen-bond donors (Lipinski definition) is 2. The van der Waals surface area contributed by atoms with Crippen molar-refractivity contribution in [1.82, 2.24) is 4.90 Å².